The van der Waals surface area contributed by atoms with E-state index in [1.54, 1.807) is 40.0 Å². The first-order valence-corrected chi connectivity index (χ1v) is 12.3. The van der Waals surface area contributed by atoms with Gasteiger partial charge >= 0.3 is 6.09 Å². The molecule has 2 heterocycles. The van der Waals surface area contributed by atoms with Crippen LogP contribution in [0.25, 0.3) is 0 Å². The third kappa shape index (κ3) is 7.46. The minimum absolute atomic E-state index is 0.0762. The smallest absolute Gasteiger partial charge is 0.414 e. The summed E-state index contributed by atoms with van der Waals surface area (Å²) < 4.78 is 17.1. The SMILES string of the molecule is CN(C(=O)OC(C)(C)C)c1cc2c(c(C(=O)NC[C@@H]3CCN(CCCO)C[C@H]3O)c1)OCCCO2. The highest BCUT2D eigenvalue weighted by Gasteiger charge is 2.30. The summed E-state index contributed by atoms with van der Waals surface area (Å²) in [6, 6.07) is 3.27. The Morgan fingerprint density at radius 3 is 2.69 bits per heavy atom. The molecule has 0 saturated carbocycles. The fourth-order valence-corrected chi connectivity index (χ4v) is 4.16. The molecule has 2 aliphatic heterocycles. The van der Waals surface area contributed by atoms with E-state index >= 15 is 0 Å². The molecule has 3 rings (SSSR count). The summed E-state index contributed by atoms with van der Waals surface area (Å²) in [5.74, 6) is 0.312. The number of ether oxygens (including phenoxy) is 3. The molecule has 2 aliphatic rings. The zero-order valence-corrected chi connectivity index (χ0v) is 21.2. The number of likely N-dealkylation sites (tertiary alicyclic amines) is 1. The number of benzene rings is 1. The molecule has 0 unspecified atom stereocenters. The Bertz CT molecular complexity index is 887. The van der Waals surface area contributed by atoms with Gasteiger partial charge in [-0.25, -0.2) is 4.79 Å². The molecule has 0 radical (unpaired) electrons. The van der Waals surface area contributed by atoms with Crippen LogP contribution in [0.2, 0.25) is 0 Å². The highest BCUT2D eigenvalue weighted by Crippen LogP contribution is 2.38. The number of carbonyl (C=O) groups excluding carboxylic acids is 2. The van der Waals surface area contributed by atoms with Crippen molar-refractivity contribution in [3.05, 3.63) is 17.7 Å². The lowest BCUT2D eigenvalue weighted by atomic mass is 9.93. The van der Waals surface area contributed by atoms with Crippen LogP contribution >= 0.6 is 0 Å². The van der Waals surface area contributed by atoms with Gasteiger partial charge in [-0.3, -0.25) is 9.69 Å². The Hall–Kier alpha value is -2.56. The average molecular weight is 494 g/mol. The number of fused-ring (bicyclic) bond motifs is 1. The average Bonchev–Trinajstić information content (AvgIpc) is 3.05. The minimum atomic E-state index is -0.661. The maximum absolute atomic E-state index is 13.3. The van der Waals surface area contributed by atoms with E-state index in [0.717, 1.165) is 19.5 Å². The predicted octanol–water partition coefficient (Wildman–Crippen LogP) is 2.01. The van der Waals surface area contributed by atoms with E-state index in [1.165, 1.54) is 4.90 Å². The Labute approximate surface area is 207 Å². The second kappa shape index (κ2) is 11.9. The van der Waals surface area contributed by atoms with E-state index in [4.69, 9.17) is 19.3 Å². The van der Waals surface area contributed by atoms with Crippen molar-refractivity contribution in [1.29, 1.82) is 0 Å². The highest BCUT2D eigenvalue weighted by atomic mass is 16.6. The van der Waals surface area contributed by atoms with Gasteiger partial charge in [-0.05, 0) is 46.2 Å². The molecule has 1 aromatic carbocycles. The minimum Gasteiger partial charge on any atom is -0.489 e. The van der Waals surface area contributed by atoms with Crippen LogP contribution in [-0.4, -0.2) is 91.9 Å². The third-order valence-corrected chi connectivity index (χ3v) is 6.09. The van der Waals surface area contributed by atoms with E-state index in [-0.39, 0.29) is 24.0 Å². The molecule has 0 aliphatic carbocycles. The predicted molar refractivity (Wildman–Crippen MR) is 131 cm³/mol. The monoisotopic (exact) mass is 493 g/mol. The molecule has 10 nitrogen and oxygen atoms in total. The van der Waals surface area contributed by atoms with Crippen molar-refractivity contribution in [2.75, 3.05) is 57.9 Å². The van der Waals surface area contributed by atoms with Crippen molar-refractivity contribution in [3.8, 4) is 11.5 Å². The maximum Gasteiger partial charge on any atom is 0.414 e. The first-order valence-electron chi connectivity index (χ1n) is 12.3. The van der Waals surface area contributed by atoms with E-state index in [2.05, 4.69) is 10.2 Å². The lowest BCUT2D eigenvalue weighted by molar-refractivity contribution is 0.0201. The van der Waals surface area contributed by atoms with Crippen molar-refractivity contribution in [2.24, 2.45) is 5.92 Å². The van der Waals surface area contributed by atoms with Gasteiger partial charge in [-0.2, -0.15) is 0 Å². The number of aliphatic hydroxyl groups excluding tert-OH is 2. The zero-order chi connectivity index (χ0) is 25.6. The Morgan fingerprint density at radius 2 is 2.00 bits per heavy atom. The van der Waals surface area contributed by atoms with Gasteiger partial charge in [0.25, 0.3) is 5.91 Å². The summed E-state index contributed by atoms with van der Waals surface area (Å²) in [5, 5.41) is 22.5. The topological polar surface area (TPSA) is 121 Å². The first kappa shape index (κ1) is 27.0. The number of β-amino-alcohol motifs (C(OH)–C–C–N with tert-alkyl or cyclic N) is 1. The molecule has 2 atom stereocenters. The van der Waals surface area contributed by atoms with Gasteiger partial charge in [-0.1, -0.05) is 0 Å². The second-order valence-corrected chi connectivity index (χ2v) is 10.1. The molecular weight excluding hydrogens is 454 g/mol. The van der Waals surface area contributed by atoms with Gasteiger partial charge < -0.3 is 34.6 Å². The second-order valence-electron chi connectivity index (χ2n) is 10.1. The van der Waals surface area contributed by atoms with Gasteiger partial charge in [0, 0.05) is 51.7 Å². The number of hydrogen-bond donors (Lipinski definition) is 3. The van der Waals surface area contributed by atoms with E-state index in [9.17, 15) is 14.7 Å². The molecule has 0 bridgehead atoms. The normalized spacial score (nSPS) is 20.6. The van der Waals surface area contributed by atoms with E-state index < -0.39 is 17.8 Å². The van der Waals surface area contributed by atoms with E-state index in [0.29, 0.717) is 56.3 Å². The maximum atomic E-state index is 13.3. The van der Waals surface area contributed by atoms with Crippen LogP contribution in [-0.2, 0) is 4.74 Å². The van der Waals surface area contributed by atoms with E-state index in [1.807, 2.05) is 0 Å². The number of nitrogens with one attached hydrogen (secondary N) is 1. The summed E-state index contributed by atoms with van der Waals surface area (Å²) in [4.78, 5) is 29.3. The van der Waals surface area contributed by atoms with Crippen LogP contribution in [0, 0.1) is 5.92 Å². The van der Waals surface area contributed by atoms with Gasteiger partial charge in [0.2, 0.25) is 0 Å². The van der Waals surface area contributed by atoms with Crippen molar-refractivity contribution >= 4 is 17.7 Å². The number of aliphatic hydroxyl groups is 2. The molecule has 2 amide bonds. The molecule has 10 heteroatoms. The lowest BCUT2D eigenvalue weighted by Gasteiger charge is -2.36. The Balaban J connectivity index is 1.74. The summed E-state index contributed by atoms with van der Waals surface area (Å²) >= 11 is 0. The van der Waals surface area contributed by atoms with Crippen molar-refractivity contribution in [2.45, 2.75) is 51.7 Å². The van der Waals surface area contributed by atoms with Crippen molar-refractivity contribution in [3.63, 3.8) is 0 Å². The highest BCUT2D eigenvalue weighted by molar-refractivity contribution is 6.00. The van der Waals surface area contributed by atoms with Crippen LogP contribution in [0.5, 0.6) is 11.5 Å². The molecule has 1 saturated heterocycles. The fraction of sp³-hybridized carbons (Fsp3) is 0.680. The van der Waals surface area contributed by atoms with Crippen molar-refractivity contribution < 1.29 is 34.0 Å². The molecule has 0 aromatic heterocycles. The number of piperidine rings is 1. The van der Waals surface area contributed by atoms with Gasteiger partial charge in [0.05, 0.1) is 30.6 Å². The molecule has 196 valence electrons. The van der Waals surface area contributed by atoms with Gasteiger partial charge in [0.15, 0.2) is 11.5 Å². The van der Waals surface area contributed by atoms with Crippen LogP contribution < -0.4 is 19.7 Å². The number of carbonyl (C=O) groups is 2. The first-order chi connectivity index (χ1) is 16.6. The zero-order valence-electron chi connectivity index (χ0n) is 21.2. The van der Waals surface area contributed by atoms with Gasteiger partial charge in [0.1, 0.15) is 5.60 Å². The number of rotatable bonds is 7. The fourth-order valence-electron chi connectivity index (χ4n) is 4.16. The van der Waals surface area contributed by atoms with Crippen LogP contribution in [0.1, 0.15) is 50.4 Å². The lowest BCUT2D eigenvalue weighted by Crippen LogP contribution is -2.48. The number of nitrogens with zero attached hydrogens (tertiary/aromatic N) is 2. The quantitative estimate of drug-likeness (QED) is 0.528. The number of anilines is 1. The molecule has 1 aromatic rings. The van der Waals surface area contributed by atoms with Crippen LogP contribution in [0.15, 0.2) is 12.1 Å². The van der Waals surface area contributed by atoms with Crippen molar-refractivity contribution in [1.82, 2.24) is 10.2 Å². The number of amides is 2. The molecular formula is C25H39N3O7. The van der Waals surface area contributed by atoms with Crippen LogP contribution in [0.4, 0.5) is 10.5 Å². The summed E-state index contributed by atoms with van der Waals surface area (Å²) in [5.41, 5.74) is 0.0568. The summed E-state index contributed by atoms with van der Waals surface area (Å²) in [6.07, 6.45) is 0.980. The molecule has 0 spiro atoms. The standard InChI is InChI=1S/C25H39N3O7/c1-25(2,3)35-24(32)27(4)18-13-19(22-21(14-18)33-11-6-12-34-22)23(31)26-15-17-7-9-28(8-5-10-29)16-20(17)30/h13-14,17,20,29-30H,5-12,15-16H2,1-4H3,(H,26,31)/t17-,20+/m0/s1. The summed E-state index contributed by atoms with van der Waals surface area (Å²) in [7, 11) is 1.58. The number of hydrogen-bond acceptors (Lipinski definition) is 8. The van der Waals surface area contributed by atoms with Crippen LogP contribution in [0.3, 0.4) is 0 Å². The molecule has 3 N–H and O–H groups in total. The Morgan fingerprint density at radius 1 is 1.26 bits per heavy atom. The molecule has 1 fully saturated rings. The summed E-state index contributed by atoms with van der Waals surface area (Å²) in [6.45, 7) is 8.73. The Kier molecular flexibility index (Phi) is 9.21. The van der Waals surface area contributed by atoms with Gasteiger partial charge in [-0.15, -0.1) is 0 Å². The molecule has 35 heavy (non-hydrogen) atoms. The largest absolute Gasteiger partial charge is 0.489 e. The third-order valence-electron chi connectivity index (χ3n) is 6.09.